The molecule has 2 aromatic carbocycles. The third-order valence-corrected chi connectivity index (χ3v) is 7.56. The number of hydrogen-bond donors (Lipinski definition) is 2. The van der Waals surface area contributed by atoms with Crippen molar-refractivity contribution in [1.82, 2.24) is 19.6 Å². The van der Waals surface area contributed by atoms with Crippen LogP contribution in [0.4, 0.5) is 5.69 Å². The Kier molecular flexibility index (Phi) is 8.18. The van der Waals surface area contributed by atoms with E-state index in [0.717, 1.165) is 22.8 Å². The number of hydrogen-bond acceptors (Lipinski definition) is 8. The van der Waals surface area contributed by atoms with Crippen LogP contribution in [0.5, 0.6) is 17.2 Å². The summed E-state index contributed by atoms with van der Waals surface area (Å²) in [6.45, 7) is 7.34. The van der Waals surface area contributed by atoms with Crippen LogP contribution in [0.2, 0.25) is 0 Å². The molecule has 3 heterocycles. The summed E-state index contributed by atoms with van der Waals surface area (Å²) in [6, 6.07) is 12.4. The van der Waals surface area contributed by atoms with Gasteiger partial charge in [-0.05, 0) is 56.8 Å². The van der Waals surface area contributed by atoms with Gasteiger partial charge in [0.15, 0.2) is 17.2 Å². The standard InChI is InChI=1S/C30H37N5O6/c1-18-13-35(20(3)16-36)30(38)22-7-6-8-23(31-29(37)24-11-19(2)32-34(24)5)28(22)41-27(18)15-33(4)14-21-9-10-25-26(12-21)40-17-39-25/h6-12,18,20,27,36H,13-17H2,1-5H3,(H,31,37)/t18-,20+,27-/m1/s1. The maximum absolute atomic E-state index is 13.7. The summed E-state index contributed by atoms with van der Waals surface area (Å²) in [7, 11) is 3.72. The zero-order valence-corrected chi connectivity index (χ0v) is 24.1. The number of aliphatic hydroxyl groups is 1. The van der Waals surface area contributed by atoms with Crippen LogP contribution in [0, 0.1) is 12.8 Å². The van der Waals surface area contributed by atoms with Gasteiger partial charge in [-0.1, -0.05) is 19.1 Å². The van der Waals surface area contributed by atoms with E-state index < -0.39 is 6.04 Å². The second-order valence-electron chi connectivity index (χ2n) is 10.9. The molecule has 2 aliphatic heterocycles. The fourth-order valence-electron chi connectivity index (χ4n) is 5.29. The van der Waals surface area contributed by atoms with E-state index in [0.29, 0.717) is 42.3 Å². The van der Waals surface area contributed by atoms with Gasteiger partial charge >= 0.3 is 0 Å². The van der Waals surface area contributed by atoms with Gasteiger partial charge in [-0.2, -0.15) is 5.10 Å². The van der Waals surface area contributed by atoms with Crippen molar-refractivity contribution in [3.63, 3.8) is 0 Å². The summed E-state index contributed by atoms with van der Waals surface area (Å²) in [5.41, 5.74) is 2.91. The minimum absolute atomic E-state index is 0.0798. The van der Waals surface area contributed by atoms with Gasteiger partial charge in [-0.25, -0.2) is 0 Å². The summed E-state index contributed by atoms with van der Waals surface area (Å²) in [5, 5.41) is 17.2. The van der Waals surface area contributed by atoms with Crippen molar-refractivity contribution in [1.29, 1.82) is 0 Å². The second kappa shape index (κ2) is 11.8. The summed E-state index contributed by atoms with van der Waals surface area (Å²) < 4.78 is 19.1. The maximum Gasteiger partial charge on any atom is 0.274 e. The zero-order valence-electron chi connectivity index (χ0n) is 24.1. The van der Waals surface area contributed by atoms with Crippen LogP contribution in [-0.4, -0.2) is 82.2 Å². The Morgan fingerprint density at radius 3 is 2.73 bits per heavy atom. The van der Waals surface area contributed by atoms with E-state index in [1.807, 2.05) is 46.0 Å². The molecule has 0 saturated heterocycles. The van der Waals surface area contributed by atoms with Gasteiger partial charge in [0, 0.05) is 32.6 Å². The number of rotatable bonds is 8. The minimum Gasteiger partial charge on any atom is -0.486 e. The molecule has 3 atom stereocenters. The van der Waals surface area contributed by atoms with Crippen molar-refractivity contribution in [3.05, 3.63) is 65.0 Å². The molecule has 11 nitrogen and oxygen atoms in total. The van der Waals surface area contributed by atoms with E-state index in [1.54, 1.807) is 36.2 Å². The number of carbonyl (C=O) groups is 2. The molecular formula is C30H37N5O6. The largest absolute Gasteiger partial charge is 0.486 e. The lowest BCUT2D eigenvalue weighted by atomic mass is 9.98. The van der Waals surface area contributed by atoms with E-state index in [-0.39, 0.29) is 37.2 Å². The number of aryl methyl sites for hydroxylation is 2. The first-order valence-electron chi connectivity index (χ1n) is 13.7. The average molecular weight is 564 g/mol. The lowest BCUT2D eigenvalue weighted by molar-refractivity contribution is 0.0343. The van der Waals surface area contributed by atoms with E-state index in [9.17, 15) is 14.7 Å². The highest BCUT2D eigenvalue weighted by atomic mass is 16.7. The highest BCUT2D eigenvalue weighted by molar-refractivity contribution is 6.06. The van der Waals surface area contributed by atoms with E-state index in [2.05, 4.69) is 15.3 Å². The summed E-state index contributed by atoms with van der Waals surface area (Å²) in [6.07, 6.45) is -0.328. The van der Waals surface area contributed by atoms with Crippen LogP contribution in [-0.2, 0) is 13.6 Å². The molecule has 218 valence electrons. The molecule has 2 aliphatic rings. The summed E-state index contributed by atoms with van der Waals surface area (Å²) in [5.74, 6) is 1.09. The summed E-state index contributed by atoms with van der Waals surface area (Å²) in [4.78, 5) is 30.8. The number of aromatic nitrogens is 2. The fourth-order valence-corrected chi connectivity index (χ4v) is 5.29. The molecule has 3 aromatic rings. The van der Waals surface area contributed by atoms with Crippen LogP contribution >= 0.6 is 0 Å². The normalized spacial score (nSPS) is 18.9. The number of nitrogens with zero attached hydrogens (tertiary/aromatic N) is 4. The summed E-state index contributed by atoms with van der Waals surface area (Å²) >= 11 is 0. The Hall–Kier alpha value is -4.09. The monoisotopic (exact) mass is 563 g/mol. The Bertz CT molecular complexity index is 1440. The first-order valence-corrected chi connectivity index (χ1v) is 13.7. The molecule has 2 N–H and O–H groups in total. The molecule has 0 aliphatic carbocycles. The molecule has 41 heavy (non-hydrogen) atoms. The Balaban J connectivity index is 1.44. The molecule has 0 fully saturated rings. The number of amides is 2. The number of para-hydroxylation sites is 1. The number of benzene rings is 2. The zero-order chi connectivity index (χ0) is 29.3. The molecule has 5 rings (SSSR count). The highest BCUT2D eigenvalue weighted by Gasteiger charge is 2.35. The van der Waals surface area contributed by atoms with Gasteiger partial charge < -0.3 is 29.5 Å². The van der Waals surface area contributed by atoms with Gasteiger partial charge in [0.1, 0.15) is 11.8 Å². The van der Waals surface area contributed by atoms with Crippen LogP contribution in [0.25, 0.3) is 0 Å². The van der Waals surface area contributed by atoms with E-state index in [1.165, 1.54) is 4.68 Å². The van der Waals surface area contributed by atoms with E-state index in [4.69, 9.17) is 14.2 Å². The molecular weight excluding hydrogens is 526 g/mol. The van der Waals surface area contributed by atoms with Crippen molar-refractivity contribution in [2.75, 3.05) is 38.9 Å². The second-order valence-corrected chi connectivity index (χ2v) is 10.9. The lowest BCUT2D eigenvalue weighted by Gasteiger charge is -2.38. The van der Waals surface area contributed by atoms with Crippen LogP contribution in [0.1, 0.15) is 46.0 Å². The van der Waals surface area contributed by atoms with Crippen molar-refractivity contribution >= 4 is 17.5 Å². The van der Waals surface area contributed by atoms with Crippen molar-refractivity contribution in [2.24, 2.45) is 13.0 Å². The van der Waals surface area contributed by atoms with Crippen LogP contribution in [0.3, 0.4) is 0 Å². The molecule has 0 unspecified atom stereocenters. The van der Waals surface area contributed by atoms with Crippen molar-refractivity contribution in [2.45, 2.75) is 39.5 Å². The molecule has 0 radical (unpaired) electrons. The fraction of sp³-hybridized carbons (Fsp3) is 0.433. The van der Waals surface area contributed by atoms with Crippen molar-refractivity contribution in [3.8, 4) is 17.2 Å². The molecule has 11 heteroatoms. The first kappa shape index (κ1) is 28.4. The Morgan fingerprint density at radius 1 is 1.22 bits per heavy atom. The Morgan fingerprint density at radius 2 is 2.00 bits per heavy atom. The van der Waals surface area contributed by atoms with Gasteiger partial charge in [0.25, 0.3) is 11.8 Å². The molecule has 2 amide bonds. The maximum atomic E-state index is 13.7. The third kappa shape index (κ3) is 6.01. The predicted molar refractivity (Wildman–Crippen MR) is 152 cm³/mol. The first-order chi connectivity index (χ1) is 19.6. The third-order valence-electron chi connectivity index (χ3n) is 7.56. The van der Waals surface area contributed by atoms with Gasteiger partial charge in [-0.3, -0.25) is 19.2 Å². The van der Waals surface area contributed by atoms with Gasteiger partial charge in [0.05, 0.1) is 29.6 Å². The molecule has 0 spiro atoms. The average Bonchev–Trinajstić information content (AvgIpc) is 3.55. The van der Waals surface area contributed by atoms with Gasteiger partial charge in [-0.15, -0.1) is 0 Å². The quantitative estimate of drug-likeness (QED) is 0.430. The number of carbonyl (C=O) groups excluding carboxylic acids is 2. The highest BCUT2D eigenvalue weighted by Crippen LogP contribution is 2.36. The topological polar surface area (TPSA) is 118 Å². The van der Waals surface area contributed by atoms with Crippen molar-refractivity contribution < 1.29 is 28.9 Å². The predicted octanol–water partition coefficient (Wildman–Crippen LogP) is 3.06. The SMILES string of the molecule is Cc1cc(C(=O)Nc2cccc3c2O[C@H](CN(C)Cc2ccc4c(c2)OCO4)[C@H](C)CN([C@@H](C)CO)C3=O)n(C)n1. The number of aliphatic hydroxyl groups excluding tert-OH is 1. The number of nitrogens with one attached hydrogen (secondary N) is 1. The number of likely N-dealkylation sites (N-methyl/N-ethyl adjacent to an activating group) is 1. The molecule has 1 aromatic heterocycles. The molecule has 0 bridgehead atoms. The van der Waals surface area contributed by atoms with Crippen LogP contribution in [0.15, 0.2) is 42.5 Å². The number of ether oxygens (including phenoxy) is 3. The lowest BCUT2D eigenvalue weighted by Crippen LogP contribution is -2.49. The van der Waals surface area contributed by atoms with E-state index >= 15 is 0 Å². The smallest absolute Gasteiger partial charge is 0.274 e. The van der Waals surface area contributed by atoms with Crippen LogP contribution < -0.4 is 19.5 Å². The Labute approximate surface area is 239 Å². The number of fused-ring (bicyclic) bond motifs is 2. The molecule has 0 saturated carbocycles. The number of anilines is 1. The van der Waals surface area contributed by atoms with Gasteiger partial charge in [0.2, 0.25) is 6.79 Å². The minimum atomic E-state index is -0.390.